The van der Waals surface area contributed by atoms with Gasteiger partial charge < -0.3 is 10.2 Å². The maximum Gasteiger partial charge on any atom is 0.126 e. The van der Waals surface area contributed by atoms with E-state index in [2.05, 4.69) is 13.2 Å². The topological polar surface area (TPSA) is 40.5 Å². The summed E-state index contributed by atoms with van der Waals surface area (Å²) in [4.78, 5) is 0. The zero-order chi connectivity index (χ0) is 12.4. The molecule has 86 valence electrons. The molecule has 2 heteroatoms. The standard InChI is InChI=1S/C15H14O2/c1-10-8-14(16)11(2)13(15(10)17)9-12-6-4-3-5-7-12/h3-8,16-17H,1-2,9H2. The van der Waals surface area contributed by atoms with Crippen LogP contribution in [0.2, 0.25) is 0 Å². The third-order valence-electron chi connectivity index (χ3n) is 2.80. The molecule has 17 heavy (non-hydrogen) atoms. The maximum absolute atomic E-state index is 9.95. The Bertz CT molecular complexity index is 630. The SMILES string of the molecule is C=c1cc(O)c(=C)c(Cc2ccccc2)c1O. The Morgan fingerprint density at radius 2 is 1.65 bits per heavy atom. The lowest BCUT2D eigenvalue weighted by atomic mass is 10.0. The Morgan fingerprint density at radius 3 is 2.29 bits per heavy atom. The molecular formula is C15H14O2. The van der Waals surface area contributed by atoms with Crippen LogP contribution >= 0.6 is 0 Å². The summed E-state index contributed by atoms with van der Waals surface area (Å²) in [6.45, 7) is 7.47. The Morgan fingerprint density at radius 1 is 1.00 bits per heavy atom. The van der Waals surface area contributed by atoms with Gasteiger partial charge in [0.05, 0.1) is 0 Å². The summed E-state index contributed by atoms with van der Waals surface area (Å²) in [5.41, 5.74) is 1.68. The minimum absolute atomic E-state index is 0.0683. The quantitative estimate of drug-likeness (QED) is 0.762. The number of aromatic hydroxyl groups is 2. The maximum atomic E-state index is 9.95. The molecule has 0 aliphatic carbocycles. The summed E-state index contributed by atoms with van der Waals surface area (Å²) >= 11 is 0. The monoisotopic (exact) mass is 226 g/mol. The van der Waals surface area contributed by atoms with Gasteiger partial charge in [-0.3, -0.25) is 0 Å². The summed E-state index contributed by atoms with van der Waals surface area (Å²) < 4.78 is 0. The largest absolute Gasteiger partial charge is 0.507 e. The highest BCUT2D eigenvalue weighted by molar-refractivity contribution is 5.46. The third kappa shape index (κ3) is 2.16. The lowest BCUT2D eigenvalue weighted by Gasteiger charge is -2.07. The third-order valence-corrected chi connectivity index (χ3v) is 2.80. The van der Waals surface area contributed by atoms with E-state index >= 15 is 0 Å². The molecule has 0 saturated heterocycles. The number of phenols is 2. The van der Waals surface area contributed by atoms with Crippen molar-refractivity contribution in [1.29, 1.82) is 0 Å². The summed E-state index contributed by atoms with van der Waals surface area (Å²) in [6.07, 6.45) is 0.530. The molecule has 2 aromatic carbocycles. The zero-order valence-electron chi connectivity index (χ0n) is 9.48. The minimum Gasteiger partial charge on any atom is -0.507 e. The average molecular weight is 226 g/mol. The van der Waals surface area contributed by atoms with E-state index in [4.69, 9.17) is 0 Å². The number of hydrogen-bond acceptors (Lipinski definition) is 2. The predicted octanol–water partition coefficient (Wildman–Crippen LogP) is 1.51. The highest BCUT2D eigenvalue weighted by atomic mass is 16.3. The molecule has 0 atom stereocenters. The first-order chi connectivity index (χ1) is 8.09. The molecule has 0 fully saturated rings. The molecule has 2 N–H and O–H groups in total. The van der Waals surface area contributed by atoms with Gasteiger partial charge in [-0.25, -0.2) is 0 Å². The van der Waals surface area contributed by atoms with Crippen LogP contribution in [0.4, 0.5) is 0 Å². The van der Waals surface area contributed by atoms with E-state index in [-0.39, 0.29) is 11.5 Å². The van der Waals surface area contributed by atoms with Gasteiger partial charge in [-0.15, -0.1) is 0 Å². The van der Waals surface area contributed by atoms with Gasteiger partial charge in [-0.1, -0.05) is 43.5 Å². The van der Waals surface area contributed by atoms with Gasteiger partial charge in [0.25, 0.3) is 0 Å². The fourth-order valence-corrected chi connectivity index (χ4v) is 1.80. The molecule has 0 spiro atoms. The smallest absolute Gasteiger partial charge is 0.126 e. The molecular weight excluding hydrogens is 212 g/mol. The minimum atomic E-state index is 0.0683. The molecule has 0 heterocycles. The molecule has 0 aliphatic heterocycles. The van der Waals surface area contributed by atoms with Crippen molar-refractivity contribution in [2.75, 3.05) is 0 Å². The van der Waals surface area contributed by atoms with Crippen molar-refractivity contribution >= 4 is 13.2 Å². The van der Waals surface area contributed by atoms with Crippen molar-refractivity contribution in [3.8, 4) is 11.5 Å². The average Bonchev–Trinajstić information content (AvgIpc) is 2.33. The molecule has 2 nitrogen and oxygen atoms in total. The van der Waals surface area contributed by atoms with Gasteiger partial charge in [0.2, 0.25) is 0 Å². The van der Waals surface area contributed by atoms with Crippen LogP contribution in [0.3, 0.4) is 0 Å². The zero-order valence-corrected chi connectivity index (χ0v) is 9.48. The Hall–Kier alpha value is -2.22. The fourth-order valence-electron chi connectivity index (χ4n) is 1.80. The normalized spacial score (nSPS) is 10.4. The predicted molar refractivity (Wildman–Crippen MR) is 69.3 cm³/mol. The lowest BCUT2D eigenvalue weighted by Crippen LogP contribution is -2.15. The van der Waals surface area contributed by atoms with Gasteiger partial charge in [0.1, 0.15) is 11.5 Å². The first kappa shape index (κ1) is 11.3. The molecule has 2 rings (SSSR count). The van der Waals surface area contributed by atoms with Crippen LogP contribution < -0.4 is 10.4 Å². The van der Waals surface area contributed by atoms with Gasteiger partial charge in [-0.2, -0.15) is 0 Å². The van der Waals surface area contributed by atoms with Crippen molar-refractivity contribution in [3.63, 3.8) is 0 Å². The van der Waals surface area contributed by atoms with Crippen LogP contribution in [0.25, 0.3) is 13.2 Å². The summed E-state index contributed by atoms with van der Waals surface area (Å²) in [5.74, 6) is 0.176. The molecule has 0 bridgehead atoms. The molecule has 0 aromatic heterocycles. The number of benzene rings is 2. The molecule has 0 saturated carbocycles. The molecule has 2 aromatic rings. The van der Waals surface area contributed by atoms with Crippen LogP contribution in [0.15, 0.2) is 36.4 Å². The molecule has 0 amide bonds. The van der Waals surface area contributed by atoms with Crippen LogP contribution in [-0.4, -0.2) is 10.2 Å². The van der Waals surface area contributed by atoms with Crippen molar-refractivity contribution in [3.05, 3.63) is 58.0 Å². The second-order valence-corrected chi connectivity index (χ2v) is 4.02. The molecule has 0 aliphatic rings. The van der Waals surface area contributed by atoms with Crippen molar-refractivity contribution in [1.82, 2.24) is 0 Å². The van der Waals surface area contributed by atoms with Crippen molar-refractivity contribution in [2.45, 2.75) is 6.42 Å². The van der Waals surface area contributed by atoms with E-state index in [1.165, 1.54) is 6.07 Å². The van der Waals surface area contributed by atoms with Gasteiger partial charge in [0.15, 0.2) is 0 Å². The molecule has 0 unspecified atom stereocenters. The first-order valence-corrected chi connectivity index (χ1v) is 5.35. The highest BCUT2D eigenvalue weighted by Gasteiger charge is 2.07. The second-order valence-electron chi connectivity index (χ2n) is 4.02. The summed E-state index contributed by atoms with van der Waals surface area (Å²) in [6, 6.07) is 11.2. The Kier molecular flexibility index (Phi) is 2.88. The van der Waals surface area contributed by atoms with E-state index in [0.29, 0.717) is 22.4 Å². The van der Waals surface area contributed by atoms with Crippen LogP contribution in [-0.2, 0) is 6.42 Å². The fraction of sp³-hybridized carbons (Fsp3) is 0.0667. The van der Waals surface area contributed by atoms with Crippen LogP contribution in [0.5, 0.6) is 11.5 Å². The van der Waals surface area contributed by atoms with Crippen molar-refractivity contribution in [2.24, 2.45) is 0 Å². The lowest BCUT2D eigenvalue weighted by molar-refractivity contribution is 0.448. The number of phenolic OH excluding ortho intramolecular Hbond substituents is 2. The number of rotatable bonds is 2. The summed E-state index contributed by atoms with van der Waals surface area (Å²) in [5, 5.41) is 20.5. The van der Waals surface area contributed by atoms with E-state index in [9.17, 15) is 10.2 Å². The Labute approximate surface area is 99.8 Å². The van der Waals surface area contributed by atoms with Crippen LogP contribution in [0, 0.1) is 0 Å². The van der Waals surface area contributed by atoms with Crippen molar-refractivity contribution < 1.29 is 10.2 Å². The van der Waals surface area contributed by atoms with E-state index < -0.39 is 0 Å². The van der Waals surface area contributed by atoms with Gasteiger partial charge in [-0.05, 0) is 11.6 Å². The van der Waals surface area contributed by atoms with E-state index in [0.717, 1.165) is 5.56 Å². The highest BCUT2D eigenvalue weighted by Crippen LogP contribution is 2.15. The number of hydrogen-bond donors (Lipinski definition) is 2. The van der Waals surface area contributed by atoms with Gasteiger partial charge in [0, 0.05) is 22.4 Å². The molecule has 0 radical (unpaired) electrons. The van der Waals surface area contributed by atoms with Gasteiger partial charge >= 0.3 is 0 Å². The van der Waals surface area contributed by atoms with E-state index in [1.54, 1.807) is 0 Å². The first-order valence-electron chi connectivity index (χ1n) is 5.35. The van der Waals surface area contributed by atoms with Crippen LogP contribution in [0.1, 0.15) is 11.1 Å². The summed E-state index contributed by atoms with van der Waals surface area (Å²) in [7, 11) is 0. The van der Waals surface area contributed by atoms with E-state index in [1.807, 2.05) is 30.3 Å². The second kappa shape index (κ2) is 4.34. The Balaban J connectivity index is 2.54.